The molecule has 1 aliphatic rings. The van der Waals surface area contributed by atoms with Gasteiger partial charge in [0, 0.05) is 25.0 Å². The largest absolute Gasteiger partial charge is 0.309 e. The average Bonchev–Trinajstić information content (AvgIpc) is 2.59. The molecule has 1 aliphatic heterocycles. The number of anilines is 1. The zero-order valence-corrected chi connectivity index (χ0v) is 10.1. The maximum Gasteiger partial charge on any atom is 0.228 e. The van der Waals surface area contributed by atoms with Crippen molar-refractivity contribution in [2.24, 2.45) is 0 Å². The number of amides is 1. The van der Waals surface area contributed by atoms with Gasteiger partial charge in [-0.2, -0.15) is 0 Å². The van der Waals surface area contributed by atoms with Crippen LogP contribution in [0.25, 0.3) is 0 Å². The van der Waals surface area contributed by atoms with Crippen LogP contribution in [-0.4, -0.2) is 24.5 Å². The van der Waals surface area contributed by atoms with Crippen LogP contribution < -0.4 is 10.2 Å². The van der Waals surface area contributed by atoms with Crippen molar-refractivity contribution < 1.29 is 9.18 Å². The van der Waals surface area contributed by atoms with Gasteiger partial charge in [0.1, 0.15) is 5.82 Å². The van der Waals surface area contributed by atoms with E-state index in [2.05, 4.69) is 5.32 Å². The fraction of sp³-hybridized carbons (Fsp3) is 0.462. The number of hydrogen-bond donors (Lipinski definition) is 1. The summed E-state index contributed by atoms with van der Waals surface area (Å²) in [7, 11) is 0. The van der Waals surface area contributed by atoms with Gasteiger partial charge < -0.3 is 10.2 Å². The van der Waals surface area contributed by atoms with Gasteiger partial charge in [-0.3, -0.25) is 4.79 Å². The van der Waals surface area contributed by atoms with E-state index < -0.39 is 0 Å². The first-order chi connectivity index (χ1) is 8.08. The summed E-state index contributed by atoms with van der Waals surface area (Å²) in [6.45, 7) is 4.62. The van der Waals surface area contributed by atoms with Gasteiger partial charge >= 0.3 is 0 Å². The molecule has 1 N–H and O–H groups in total. The third-order valence-electron chi connectivity index (χ3n) is 2.84. The molecule has 0 bridgehead atoms. The van der Waals surface area contributed by atoms with Crippen LogP contribution >= 0.6 is 0 Å². The van der Waals surface area contributed by atoms with Gasteiger partial charge in [0.25, 0.3) is 0 Å². The average molecular weight is 236 g/mol. The molecule has 1 amide bonds. The molecular weight excluding hydrogens is 219 g/mol. The normalized spacial score (nSPS) is 20.4. The topological polar surface area (TPSA) is 32.3 Å². The Morgan fingerprint density at radius 3 is 2.76 bits per heavy atom. The minimum Gasteiger partial charge on any atom is -0.309 e. The Balaban J connectivity index is 2.13. The Morgan fingerprint density at radius 1 is 1.41 bits per heavy atom. The summed E-state index contributed by atoms with van der Waals surface area (Å²) in [5.41, 5.74) is 0.380. The predicted molar refractivity (Wildman–Crippen MR) is 65.4 cm³/mol. The number of halogens is 1. The highest BCUT2D eigenvalue weighted by molar-refractivity contribution is 5.96. The van der Waals surface area contributed by atoms with E-state index in [4.69, 9.17) is 0 Å². The number of hydrogen-bond acceptors (Lipinski definition) is 2. The molecule has 0 spiro atoms. The van der Waals surface area contributed by atoms with Crippen LogP contribution in [0.15, 0.2) is 24.3 Å². The number of nitrogens with zero attached hydrogens (tertiary/aromatic N) is 1. The van der Waals surface area contributed by atoms with Crippen LogP contribution in [0, 0.1) is 5.82 Å². The number of benzene rings is 1. The van der Waals surface area contributed by atoms with E-state index in [9.17, 15) is 9.18 Å². The second-order valence-electron chi connectivity index (χ2n) is 4.68. The Bertz CT molecular complexity index is 420. The highest BCUT2D eigenvalue weighted by Gasteiger charge is 2.31. The van der Waals surface area contributed by atoms with Crippen LogP contribution in [0.1, 0.15) is 20.3 Å². The molecule has 1 unspecified atom stereocenters. The van der Waals surface area contributed by atoms with Crippen LogP contribution in [-0.2, 0) is 4.79 Å². The first-order valence-corrected chi connectivity index (χ1v) is 5.89. The third-order valence-corrected chi connectivity index (χ3v) is 2.84. The number of rotatable bonds is 3. The minimum absolute atomic E-state index is 0.0201. The van der Waals surface area contributed by atoms with Gasteiger partial charge in [-0.05, 0) is 12.1 Å². The number of carbonyl (C=O) groups is 1. The molecule has 0 saturated carbocycles. The van der Waals surface area contributed by atoms with Crippen LogP contribution in [0.3, 0.4) is 0 Å². The summed E-state index contributed by atoms with van der Waals surface area (Å²) in [5.74, 6) is -0.362. The highest BCUT2D eigenvalue weighted by atomic mass is 19.1. The fourth-order valence-corrected chi connectivity index (χ4v) is 2.19. The summed E-state index contributed by atoms with van der Waals surface area (Å²) in [6, 6.07) is 6.84. The molecule has 0 aromatic heterocycles. The lowest BCUT2D eigenvalue weighted by Gasteiger charge is -2.18. The van der Waals surface area contributed by atoms with Crippen LogP contribution in [0.2, 0.25) is 0 Å². The zero-order chi connectivity index (χ0) is 12.4. The van der Waals surface area contributed by atoms with E-state index in [1.54, 1.807) is 18.2 Å². The smallest absolute Gasteiger partial charge is 0.228 e. The summed E-state index contributed by atoms with van der Waals surface area (Å²) < 4.78 is 13.6. The maximum atomic E-state index is 13.6. The highest BCUT2D eigenvalue weighted by Crippen LogP contribution is 2.24. The Morgan fingerprint density at radius 2 is 2.12 bits per heavy atom. The molecular formula is C13H17FN2O. The van der Waals surface area contributed by atoms with Gasteiger partial charge in [-0.15, -0.1) is 0 Å². The van der Waals surface area contributed by atoms with E-state index in [-0.39, 0.29) is 17.8 Å². The molecule has 17 heavy (non-hydrogen) atoms. The molecule has 0 aliphatic carbocycles. The molecule has 1 heterocycles. The van der Waals surface area contributed by atoms with Gasteiger partial charge in [0.15, 0.2) is 0 Å². The van der Waals surface area contributed by atoms with Crippen molar-refractivity contribution in [2.45, 2.75) is 32.4 Å². The summed E-state index contributed by atoms with van der Waals surface area (Å²) >= 11 is 0. The summed E-state index contributed by atoms with van der Waals surface area (Å²) in [4.78, 5) is 13.4. The molecule has 92 valence electrons. The standard InChI is InChI=1S/C13H17FN2O/c1-9(2)15-10-7-13(17)16(8-10)12-6-4-3-5-11(12)14/h3-6,9-10,15H,7-8H2,1-2H3. The second kappa shape index (κ2) is 4.84. The van der Waals surface area contributed by atoms with E-state index in [0.29, 0.717) is 24.7 Å². The molecule has 1 fully saturated rings. The Kier molecular flexibility index (Phi) is 3.43. The van der Waals surface area contributed by atoms with Gasteiger partial charge in [-0.25, -0.2) is 4.39 Å². The van der Waals surface area contributed by atoms with Gasteiger partial charge in [-0.1, -0.05) is 26.0 Å². The molecule has 2 rings (SSSR count). The van der Waals surface area contributed by atoms with Gasteiger partial charge in [0.2, 0.25) is 5.91 Å². The van der Waals surface area contributed by atoms with Crippen molar-refractivity contribution in [3.05, 3.63) is 30.1 Å². The van der Waals surface area contributed by atoms with Crippen molar-refractivity contribution in [3.8, 4) is 0 Å². The van der Waals surface area contributed by atoms with Crippen molar-refractivity contribution in [1.29, 1.82) is 0 Å². The van der Waals surface area contributed by atoms with E-state index in [1.807, 2.05) is 13.8 Å². The zero-order valence-electron chi connectivity index (χ0n) is 10.1. The van der Waals surface area contributed by atoms with E-state index >= 15 is 0 Å². The first kappa shape index (κ1) is 12.0. The quantitative estimate of drug-likeness (QED) is 0.869. The molecule has 1 saturated heterocycles. The monoisotopic (exact) mass is 236 g/mol. The predicted octanol–water partition coefficient (Wildman–Crippen LogP) is 1.93. The second-order valence-corrected chi connectivity index (χ2v) is 4.68. The van der Waals surface area contributed by atoms with Crippen LogP contribution in [0.5, 0.6) is 0 Å². The van der Waals surface area contributed by atoms with E-state index in [1.165, 1.54) is 11.0 Å². The lowest BCUT2D eigenvalue weighted by molar-refractivity contribution is -0.117. The minimum atomic E-state index is -0.342. The SMILES string of the molecule is CC(C)NC1CC(=O)N(c2ccccc2F)C1. The number of nitrogens with one attached hydrogen (secondary N) is 1. The molecule has 1 atom stereocenters. The molecule has 1 aromatic rings. The maximum absolute atomic E-state index is 13.6. The van der Waals surface area contributed by atoms with Crippen LogP contribution in [0.4, 0.5) is 10.1 Å². The summed E-state index contributed by atoms with van der Waals surface area (Å²) in [6.07, 6.45) is 0.437. The van der Waals surface area contributed by atoms with E-state index in [0.717, 1.165) is 0 Å². The molecule has 4 heteroatoms. The summed E-state index contributed by atoms with van der Waals surface area (Å²) in [5, 5.41) is 3.31. The van der Waals surface area contributed by atoms with Crippen molar-refractivity contribution in [1.82, 2.24) is 5.32 Å². The fourth-order valence-electron chi connectivity index (χ4n) is 2.19. The molecule has 0 radical (unpaired) electrons. The van der Waals surface area contributed by atoms with Gasteiger partial charge in [0.05, 0.1) is 5.69 Å². The van der Waals surface area contributed by atoms with Crippen molar-refractivity contribution >= 4 is 11.6 Å². The molecule has 1 aromatic carbocycles. The number of carbonyl (C=O) groups excluding carboxylic acids is 1. The number of para-hydroxylation sites is 1. The third kappa shape index (κ3) is 2.64. The lowest BCUT2D eigenvalue weighted by atomic mass is 10.2. The van der Waals surface area contributed by atoms with Crippen molar-refractivity contribution in [3.63, 3.8) is 0 Å². The lowest BCUT2D eigenvalue weighted by Crippen LogP contribution is -2.37. The Hall–Kier alpha value is -1.42. The Labute approximate surface area is 101 Å². The van der Waals surface area contributed by atoms with Crippen molar-refractivity contribution in [2.75, 3.05) is 11.4 Å². The molecule has 3 nitrogen and oxygen atoms in total. The first-order valence-electron chi connectivity index (χ1n) is 5.89.